The zero-order valence-electron chi connectivity index (χ0n) is 19.3. The zero-order valence-corrected chi connectivity index (χ0v) is 19.3. The predicted octanol–water partition coefficient (Wildman–Crippen LogP) is 5.94. The van der Waals surface area contributed by atoms with E-state index in [0.29, 0.717) is 41.1 Å². The summed E-state index contributed by atoms with van der Waals surface area (Å²) in [6.07, 6.45) is 4.08. The van der Waals surface area contributed by atoms with Crippen molar-refractivity contribution in [3.63, 3.8) is 0 Å². The molecule has 0 fully saturated rings. The van der Waals surface area contributed by atoms with Gasteiger partial charge >= 0.3 is 5.97 Å². The van der Waals surface area contributed by atoms with E-state index >= 15 is 0 Å². The largest absolute Gasteiger partial charge is 0.481 e. The molecule has 5 aromatic rings. The predicted molar refractivity (Wildman–Crippen MR) is 130 cm³/mol. The van der Waals surface area contributed by atoms with Crippen molar-refractivity contribution in [1.29, 1.82) is 0 Å². The number of aryl methyl sites for hydroxylation is 2. The van der Waals surface area contributed by atoms with E-state index in [1.54, 1.807) is 25.4 Å². The molecule has 36 heavy (non-hydrogen) atoms. The van der Waals surface area contributed by atoms with E-state index in [0.717, 1.165) is 11.1 Å². The number of hydrogen-bond donors (Lipinski definition) is 3. The molecule has 2 aromatic carbocycles. The monoisotopic (exact) mass is 488 g/mol. The number of carboxylic acid groups (broad SMARTS) is 1. The second-order valence-electron chi connectivity index (χ2n) is 8.44. The molecular formula is C27H22F2N4O3. The Hall–Kier alpha value is -4.53. The minimum absolute atomic E-state index is 0.00478. The summed E-state index contributed by atoms with van der Waals surface area (Å²) in [5.41, 5.74) is 3.61. The van der Waals surface area contributed by atoms with Crippen molar-refractivity contribution < 1.29 is 23.4 Å². The second-order valence-corrected chi connectivity index (χ2v) is 8.44. The number of aromatic amines is 2. The van der Waals surface area contributed by atoms with E-state index in [4.69, 9.17) is 9.84 Å². The number of carbonyl (C=O) groups is 1. The van der Waals surface area contributed by atoms with Gasteiger partial charge < -0.3 is 19.8 Å². The number of H-pyrrole nitrogens is 2. The first-order valence-electron chi connectivity index (χ1n) is 11.3. The molecule has 3 N–H and O–H groups in total. The molecule has 3 heterocycles. The topological polar surface area (TPSA) is 104 Å². The number of ether oxygens (including phenoxy) is 1. The maximum atomic E-state index is 14.7. The lowest BCUT2D eigenvalue weighted by Crippen LogP contribution is -2.01. The van der Waals surface area contributed by atoms with Crippen LogP contribution in [0.5, 0.6) is 11.5 Å². The third kappa shape index (κ3) is 4.81. The Morgan fingerprint density at radius 2 is 1.92 bits per heavy atom. The maximum absolute atomic E-state index is 14.7. The number of nitrogens with zero attached hydrogens (tertiary/aromatic N) is 2. The molecule has 0 atom stereocenters. The Morgan fingerprint density at radius 1 is 1.08 bits per heavy atom. The molecule has 9 heteroatoms. The van der Waals surface area contributed by atoms with Crippen LogP contribution in [0.15, 0.2) is 60.9 Å². The van der Waals surface area contributed by atoms with Crippen molar-refractivity contribution in [1.82, 2.24) is 19.9 Å². The van der Waals surface area contributed by atoms with Crippen LogP contribution in [0, 0.1) is 18.6 Å². The van der Waals surface area contributed by atoms with Gasteiger partial charge in [-0.1, -0.05) is 6.07 Å². The van der Waals surface area contributed by atoms with Gasteiger partial charge in [0.15, 0.2) is 11.6 Å². The number of aliphatic carboxylic acids is 1. The molecule has 182 valence electrons. The Labute approximate surface area is 204 Å². The highest BCUT2D eigenvalue weighted by molar-refractivity contribution is 5.85. The molecule has 0 bridgehead atoms. The van der Waals surface area contributed by atoms with Gasteiger partial charge in [0.1, 0.15) is 17.4 Å². The van der Waals surface area contributed by atoms with Crippen LogP contribution >= 0.6 is 0 Å². The standard InChI is InChI=1S/C27H22F2N4O3/c1-15-20-9-10-30-24(20)13-23(29)26(15)36-19-6-7-22(28)21(12-19)27-31-14-18(33-27)11-17-4-2-3-16(32-17)5-8-25(34)35/h2-4,6-7,9-10,12-14,30H,5,8,11H2,1H3,(H,31,33)(H,34,35). The fourth-order valence-corrected chi connectivity index (χ4v) is 4.10. The van der Waals surface area contributed by atoms with Gasteiger partial charge in [-0.05, 0) is 43.3 Å². The fourth-order valence-electron chi connectivity index (χ4n) is 4.10. The van der Waals surface area contributed by atoms with Crippen LogP contribution in [-0.4, -0.2) is 31.0 Å². The summed E-state index contributed by atoms with van der Waals surface area (Å²) < 4.78 is 35.2. The normalized spacial score (nSPS) is 11.2. The molecule has 0 aliphatic carbocycles. The number of halogens is 2. The van der Waals surface area contributed by atoms with Crippen molar-refractivity contribution in [2.45, 2.75) is 26.2 Å². The maximum Gasteiger partial charge on any atom is 0.303 e. The van der Waals surface area contributed by atoms with Gasteiger partial charge in [-0.25, -0.2) is 13.8 Å². The zero-order chi connectivity index (χ0) is 25.2. The number of imidazole rings is 1. The lowest BCUT2D eigenvalue weighted by Gasteiger charge is -2.12. The molecule has 5 rings (SSSR count). The molecule has 0 aliphatic heterocycles. The van der Waals surface area contributed by atoms with Gasteiger partial charge in [-0.2, -0.15) is 0 Å². The van der Waals surface area contributed by atoms with Gasteiger partial charge in [0, 0.05) is 64.8 Å². The van der Waals surface area contributed by atoms with E-state index in [-0.39, 0.29) is 23.5 Å². The van der Waals surface area contributed by atoms with Crippen LogP contribution < -0.4 is 4.74 Å². The smallest absolute Gasteiger partial charge is 0.303 e. The van der Waals surface area contributed by atoms with Crippen molar-refractivity contribution in [3.8, 4) is 22.9 Å². The molecule has 3 aromatic heterocycles. The molecular weight excluding hydrogens is 466 g/mol. The number of rotatable bonds is 8. The molecule has 0 radical (unpaired) electrons. The minimum Gasteiger partial charge on any atom is -0.481 e. The summed E-state index contributed by atoms with van der Waals surface area (Å²) >= 11 is 0. The number of benzene rings is 2. The van der Waals surface area contributed by atoms with Gasteiger partial charge in [0.05, 0.1) is 12.0 Å². The Bertz CT molecular complexity index is 1570. The molecule has 0 saturated heterocycles. The Morgan fingerprint density at radius 3 is 2.75 bits per heavy atom. The van der Waals surface area contributed by atoms with Crippen LogP contribution in [0.2, 0.25) is 0 Å². The van der Waals surface area contributed by atoms with E-state index < -0.39 is 17.6 Å². The number of fused-ring (bicyclic) bond motifs is 1. The number of nitrogens with one attached hydrogen (secondary N) is 2. The van der Waals surface area contributed by atoms with Crippen molar-refractivity contribution in [2.24, 2.45) is 0 Å². The third-order valence-corrected chi connectivity index (χ3v) is 5.88. The first kappa shape index (κ1) is 23.2. The highest BCUT2D eigenvalue weighted by Gasteiger charge is 2.16. The van der Waals surface area contributed by atoms with E-state index in [2.05, 4.69) is 19.9 Å². The fraction of sp³-hybridized carbons (Fsp3) is 0.148. The third-order valence-electron chi connectivity index (χ3n) is 5.88. The van der Waals surface area contributed by atoms with Gasteiger partial charge in [0.25, 0.3) is 0 Å². The minimum atomic E-state index is -0.878. The first-order chi connectivity index (χ1) is 17.4. The first-order valence-corrected chi connectivity index (χ1v) is 11.3. The highest BCUT2D eigenvalue weighted by Crippen LogP contribution is 2.35. The molecule has 0 spiro atoms. The average molecular weight is 488 g/mol. The SMILES string of the molecule is Cc1c(Oc2ccc(F)c(-c3ncc(Cc4cccc(CCC(=O)O)n4)[nH]3)c2)c(F)cc2[nH]ccc12. The number of hydrogen-bond acceptors (Lipinski definition) is 4. The Kier molecular flexibility index (Phi) is 6.20. The number of aromatic nitrogens is 4. The molecule has 0 unspecified atom stereocenters. The molecule has 0 aliphatic rings. The molecule has 7 nitrogen and oxygen atoms in total. The summed E-state index contributed by atoms with van der Waals surface area (Å²) in [7, 11) is 0. The van der Waals surface area contributed by atoms with Gasteiger partial charge in [-0.15, -0.1) is 0 Å². The summed E-state index contributed by atoms with van der Waals surface area (Å²) in [6, 6.07) is 12.8. The lowest BCUT2D eigenvalue weighted by molar-refractivity contribution is -0.136. The van der Waals surface area contributed by atoms with Crippen molar-refractivity contribution in [3.05, 3.63) is 95.2 Å². The van der Waals surface area contributed by atoms with Gasteiger partial charge in [-0.3, -0.25) is 9.78 Å². The second kappa shape index (κ2) is 9.61. The summed E-state index contributed by atoms with van der Waals surface area (Å²) in [4.78, 5) is 25.7. The van der Waals surface area contributed by atoms with Crippen LogP contribution in [0.4, 0.5) is 8.78 Å². The van der Waals surface area contributed by atoms with Crippen molar-refractivity contribution in [2.75, 3.05) is 0 Å². The summed E-state index contributed by atoms with van der Waals surface area (Å²) in [6.45, 7) is 1.77. The van der Waals surface area contributed by atoms with E-state index in [1.807, 2.05) is 18.2 Å². The quantitative estimate of drug-likeness (QED) is 0.251. The van der Waals surface area contributed by atoms with Gasteiger partial charge in [0.2, 0.25) is 0 Å². The van der Waals surface area contributed by atoms with Crippen LogP contribution in [0.1, 0.15) is 29.1 Å². The van der Waals surface area contributed by atoms with E-state index in [1.165, 1.54) is 24.3 Å². The molecule has 0 saturated carbocycles. The van der Waals surface area contributed by atoms with Crippen LogP contribution in [-0.2, 0) is 17.6 Å². The van der Waals surface area contributed by atoms with Crippen molar-refractivity contribution >= 4 is 16.9 Å². The Balaban J connectivity index is 1.37. The number of carboxylic acids is 1. The number of pyridine rings is 1. The average Bonchev–Trinajstić information content (AvgIpc) is 3.51. The lowest BCUT2D eigenvalue weighted by atomic mass is 10.1. The highest BCUT2D eigenvalue weighted by atomic mass is 19.1. The van der Waals surface area contributed by atoms with E-state index in [9.17, 15) is 13.6 Å². The molecule has 0 amide bonds. The van der Waals surface area contributed by atoms with Crippen LogP contribution in [0.25, 0.3) is 22.3 Å². The van der Waals surface area contributed by atoms with Crippen LogP contribution in [0.3, 0.4) is 0 Å². The summed E-state index contributed by atoms with van der Waals surface area (Å²) in [5.74, 6) is -1.26. The summed E-state index contributed by atoms with van der Waals surface area (Å²) in [5, 5.41) is 9.71.